The Balaban J connectivity index is 2.50. The zero-order valence-corrected chi connectivity index (χ0v) is 8.37. The summed E-state index contributed by atoms with van der Waals surface area (Å²) in [5, 5.41) is 0. The highest BCUT2D eigenvalue weighted by Gasteiger charge is 2.04. The highest BCUT2D eigenvalue weighted by molar-refractivity contribution is 5.70. The second-order valence-corrected chi connectivity index (χ2v) is 3.47. The van der Waals surface area contributed by atoms with E-state index in [9.17, 15) is 8.78 Å². The van der Waals surface area contributed by atoms with Gasteiger partial charge < -0.3 is 11.5 Å². The lowest BCUT2D eigenvalue weighted by molar-refractivity contribution is 0.631. The van der Waals surface area contributed by atoms with Crippen LogP contribution in [0.15, 0.2) is 36.4 Å². The van der Waals surface area contributed by atoms with E-state index in [2.05, 4.69) is 0 Å². The van der Waals surface area contributed by atoms with Gasteiger partial charge in [-0.3, -0.25) is 0 Å². The molecule has 0 amide bonds. The molecule has 0 aromatic heterocycles. The molecule has 0 saturated heterocycles. The first kappa shape index (κ1) is 10.4. The molecule has 2 aromatic carbocycles. The molecule has 82 valence electrons. The van der Waals surface area contributed by atoms with Gasteiger partial charge in [0.05, 0.1) is 11.4 Å². The lowest BCUT2D eigenvalue weighted by Gasteiger charge is -2.05. The fourth-order valence-corrected chi connectivity index (χ4v) is 1.45. The van der Waals surface area contributed by atoms with E-state index >= 15 is 0 Å². The van der Waals surface area contributed by atoms with Crippen molar-refractivity contribution in [1.82, 2.24) is 0 Å². The van der Waals surface area contributed by atoms with Crippen molar-refractivity contribution in [2.45, 2.75) is 0 Å². The van der Waals surface area contributed by atoms with Crippen LogP contribution in [0.3, 0.4) is 0 Å². The molecule has 0 heterocycles. The van der Waals surface area contributed by atoms with Crippen molar-refractivity contribution in [2.75, 3.05) is 11.5 Å². The minimum absolute atomic E-state index is 0.0559. The summed E-state index contributed by atoms with van der Waals surface area (Å²) in [6.45, 7) is 0. The lowest BCUT2D eigenvalue weighted by atomic mass is 10.0. The average Bonchev–Trinajstić information content (AvgIpc) is 2.26. The van der Waals surface area contributed by atoms with Crippen molar-refractivity contribution in [2.24, 2.45) is 0 Å². The maximum Gasteiger partial charge on any atom is 0.146 e. The summed E-state index contributed by atoms with van der Waals surface area (Å²) in [7, 11) is 0. The molecule has 2 aromatic rings. The number of halogens is 2. The van der Waals surface area contributed by atoms with Crippen molar-refractivity contribution in [3.05, 3.63) is 48.0 Å². The summed E-state index contributed by atoms with van der Waals surface area (Å²) in [5.41, 5.74) is 12.4. The second-order valence-electron chi connectivity index (χ2n) is 3.47. The molecule has 0 aliphatic heterocycles. The van der Waals surface area contributed by atoms with Crippen LogP contribution in [0.25, 0.3) is 11.1 Å². The molecule has 0 radical (unpaired) electrons. The minimum atomic E-state index is -0.473. The Hall–Kier alpha value is -2.10. The number of nitrogens with two attached hydrogens (primary N) is 2. The molecule has 0 unspecified atom stereocenters. The van der Waals surface area contributed by atoms with Crippen molar-refractivity contribution >= 4 is 11.4 Å². The van der Waals surface area contributed by atoms with Gasteiger partial charge in [-0.25, -0.2) is 8.78 Å². The third-order valence-corrected chi connectivity index (χ3v) is 2.33. The smallest absolute Gasteiger partial charge is 0.146 e. The van der Waals surface area contributed by atoms with E-state index in [0.717, 1.165) is 0 Å². The fraction of sp³-hybridized carbons (Fsp3) is 0. The third-order valence-electron chi connectivity index (χ3n) is 2.33. The molecule has 16 heavy (non-hydrogen) atoms. The minimum Gasteiger partial charge on any atom is -0.396 e. The summed E-state index contributed by atoms with van der Waals surface area (Å²) in [6.07, 6.45) is 0. The van der Waals surface area contributed by atoms with E-state index in [1.54, 1.807) is 12.1 Å². The zero-order chi connectivity index (χ0) is 11.7. The average molecular weight is 220 g/mol. The Kier molecular flexibility index (Phi) is 2.48. The van der Waals surface area contributed by atoms with E-state index in [1.807, 2.05) is 0 Å². The standard InChI is InChI=1S/C12H10F2N2/c13-9-3-1-7(5-11(9)15)8-2-4-10(14)12(16)6-8/h1-6H,15-16H2. The van der Waals surface area contributed by atoms with Crippen LogP contribution in [0.2, 0.25) is 0 Å². The highest BCUT2D eigenvalue weighted by atomic mass is 19.1. The molecule has 0 aliphatic carbocycles. The van der Waals surface area contributed by atoms with Gasteiger partial charge >= 0.3 is 0 Å². The summed E-state index contributed by atoms with van der Waals surface area (Å²) in [4.78, 5) is 0. The van der Waals surface area contributed by atoms with Crippen LogP contribution in [-0.2, 0) is 0 Å². The van der Waals surface area contributed by atoms with Gasteiger partial charge in [0.2, 0.25) is 0 Å². The second kappa shape index (κ2) is 3.81. The first-order valence-electron chi connectivity index (χ1n) is 4.68. The number of hydrogen-bond acceptors (Lipinski definition) is 2. The van der Waals surface area contributed by atoms with Crippen LogP contribution in [0.5, 0.6) is 0 Å². The van der Waals surface area contributed by atoms with Crippen LogP contribution in [0, 0.1) is 11.6 Å². The third kappa shape index (κ3) is 1.82. The summed E-state index contributed by atoms with van der Waals surface area (Å²) in [5.74, 6) is -0.947. The van der Waals surface area contributed by atoms with E-state index in [1.165, 1.54) is 24.3 Å². The van der Waals surface area contributed by atoms with Gasteiger partial charge in [-0.1, -0.05) is 12.1 Å². The molecule has 4 N–H and O–H groups in total. The normalized spacial score (nSPS) is 10.4. The monoisotopic (exact) mass is 220 g/mol. The molecule has 0 spiro atoms. The van der Waals surface area contributed by atoms with Crippen molar-refractivity contribution in [3.8, 4) is 11.1 Å². The van der Waals surface area contributed by atoms with Crippen molar-refractivity contribution in [1.29, 1.82) is 0 Å². The lowest BCUT2D eigenvalue weighted by Crippen LogP contribution is -1.93. The Morgan fingerprint density at radius 2 is 1.06 bits per heavy atom. The van der Waals surface area contributed by atoms with E-state index < -0.39 is 11.6 Å². The van der Waals surface area contributed by atoms with Crippen molar-refractivity contribution < 1.29 is 8.78 Å². The molecular formula is C12H10F2N2. The fourth-order valence-electron chi connectivity index (χ4n) is 1.45. The Morgan fingerprint density at radius 3 is 1.38 bits per heavy atom. The summed E-state index contributed by atoms with van der Waals surface area (Å²) < 4.78 is 25.9. The van der Waals surface area contributed by atoms with Gasteiger partial charge in [-0.2, -0.15) is 0 Å². The molecular weight excluding hydrogens is 210 g/mol. The van der Waals surface area contributed by atoms with Gasteiger partial charge in [-0.05, 0) is 35.4 Å². The maximum atomic E-state index is 12.9. The zero-order valence-electron chi connectivity index (χ0n) is 8.37. The molecule has 0 saturated carbocycles. The molecule has 2 nitrogen and oxygen atoms in total. The number of hydrogen-bond donors (Lipinski definition) is 2. The van der Waals surface area contributed by atoms with Gasteiger partial charge in [0.1, 0.15) is 11.6 Å². The van der Waals surface area contributed by atoms with Crippen LogP contribution >= 0.6 is 0 Å². The van der Waals surface area contributed by atoms with Crippen LogP contribution in [-0.4, -0.2) is 0 Å². The Bertz CT molecular complexity index is 489. The van der Waals surface area contributed by atoms with Crippen LogP contribution in [0.4, 0.5) is 20.2 Å². The summed E-state index contributed by atoms with van der Waals surface area (Å²) in [6, 6.07) is 8.65. The quantitative estimate of drug-likeness (QED) is 0.726. The van der Waals surface area contributed by atoms with Crippen LogP contribution < -0.4 is 11.5 Å². The topological polar surface area (TPSA) is 52.0 Å². The molecule has 0 aliphatic rings. The predicted octanol–water partition coefficient (Wildman–Crippen LogP) is 2.80. The van der Waals surface area contributed by atoms with E-state index in [-0.39, 0.29) is 11.4 Å². The molecule has 2 rings (SSSR count). The van der Waals surface area contributed by atoms with Crippen molar-refractivity contribution in [3.63, 3.8) is 0 Å². The molecule has 0 fully saturated rings. The maximum absolute atomic E-state index is 12.9. The number of anilines is 2. The van der Waals surface area contributed by atoms with Gasteiger partial charge in [-0.15, -0.1) is 0 Å². The predicted molar refractivity (Wildman–Crippen MR) is 60.6 cm³/mol. The van der Waals surface area contributed by atoms with E-state index in [0.29, 0.717) is 11.1 Å². The van der Waals surface area contributed by atoms with Gasteiger partial charge in [0, 0.05) is 0 Å². The number of benzene rings is 2. The van der Waals surface area contributed by atoms with Crippen LogP contribution in [0.1, 0.15) is 0 Å². The first-order chi connectivity index (χ1) is 7.58. The highest BCUT2D eigenvalue weighted by Crippen LogP contribution is 2.25. The first-order valence-corrected chi connectivity index (χ1v) is 4.68. The molecule has 0 bridgehead atoms. The largest absolute Gasteiger partial charge is 0.396 e. The molecule has 4 heteroatoms. The SMILES string of the molecule is Nc1cc(-c2ccc(F)c(N)c2)ccc1F. The molecule has 0 atom stereocenters. The number of nitrogen functional groups attached to an aromatic ring is 2. The van der Waals surface area contributed by atoms with Gasteiger partial charge in [0.15, 0.2) is 0 Å². The Labute approximate surface area is 91.5 Å². The van der Waals surface area contributed by atoms with E-state index in [4.69, 9.17) is 11.5 Å². The van der Waals surface area contributed by atoms with Gasteiger partial charge in [0.25, 0.3) is 0 Å². The Morgan fingerprint density at radius 1 is 0.688 bits per heavy atom. The number of rotatable bonds is 1. The summed E-state index contributed by atoms with van der Waals surface area (Å²) >= 11 is 0.